The SMILES string of the molecule is Clc1cccc2ncccc12.Clc1cccc2ncccc12.Clc1cccc2ncccc12.[GaH3]. The van der Waals surface area contributed by atoms with Gasteiger partial charge >= 0.3 is 19.8 Å². The quantitative estimate of drug-likeness (QED) is 0.180. The molecule has 3 nitrogen and oxygen atoms in total. The van der Waals surface area contributed by atoms with Gasteiger partial charge in [0, 0.05) is 49.8 Å². The average molecular weight is 564 g/mol. The maximum atomic E-state index is 5.92. The van der Waals surface area contributed by atoms with Crippen molar-refractivity contribution < 1.29 is 0 Å². The molecular weight excluding hydrogens is 542 g/mol. The van der Waals surface area contributed by atoms with Gasteiger partial charge < -0.3 is 0 Å². The topological polar surface area (TPSA) is 38.7 Å². The van der Waals surface area contributed by atoms with Gasteiger partial charge in [0.25, 0.3) is 0 Å². The van der Waals surface area contributed by atoms with Crippen molar-refractivity contribution in [2.75, 3.05) is 0 Å². The third-order valence-corrected chi connectivity index (χ3v) is 5.77. The molecule has 0 fully saturated rings. The minimum absolute atomic E-state index is 0. The van der Waals surface area contributed by atoms with Crippen LogP contribution in [0.2, 0.25) is 15.1 Å². The van der Waals surface area contributed by atoms with Crippen molar-refractivity contribution >= 4 is 87.3 Å². The molecule has 168 valence electrons. The first-order valence-corrected chi connectivity index (χ1v) is 11.2. The maximum absolute atomic E-state index is 5.92. The van der Waals surface area contributed by atoms with Crippen LogP contribution < -0.4 is 0 Å². The number of hydrogen-bond donors (Lipinski definition) is 0. The molecule has 0 saturated carbocycles. The average Bonchev–Trinajstić information content (AvgIpc) is 2.86. The summed E-state index contributed by atoms with van der Waals surface area (Å²) in [6.07, 6.45) is 5.29. The predicted molar refractivity (Wildman–Crippen MR) is 150 cm³/mol. The van der Waals surface area contributed by atoms with Gasteiger partial charge in [0.2, 0.25) is 0 Å². The molecular formula is C27H21Cl3GaN3. The Morgan fingerprint density at radius 2 is 0.676 bits per heavy atom. The van der Waals surface area contributed by atoms with Gasteiger partial charge in [-0.05, 0) is 72.8 Å². The summed E-state index contributed by atoms with van der Waals surface area (Å²) >= 11 is 17.8. The summed E-state index contributed by atoms with van der Waals surface area (Å²) in [5, 5.41) is 5.31. The van der Waals surface area contributed by atoms with E-state index >= 15 is 0 Å². The summed E-state index contributed by atoms with van der Waals surface area (Å²) in [6, 6.07) is 28.7. The molecule has 0 atom stereocenters. The van der Waals surface area contributed by atoms with E-state index in [2.05, 4.69) is 15.0 Å². The molecule has 6 aromatic rings. The van der Waals surface area contributed by atoms with Crippen LogP contribution in [0.5, 0.6) is 0 Å². The Balaban J connectivity index is 0.000000141. The van der Waals surface area contributed by atoms with Crippen LogP contribution >= 0.6 is 34.8 Å². The van der Waals surface area contributed by atoms with Gasteiger partial charge in [0.05, 0.1) is 16.6 Å². The van der Waals surface area contributed by atoms with Crippen LogP contribution in [0.3, 0.4) is 0 Å². The molecule has 0 aliphatic rings. The van der Waals surface area contributed by atoms with E-state index in [9.17, 15) is 0 Å². The molecule has 0 bridgehead atoms. The first kappa shape index (κ1) is 26.0. The molecule has 34 heavy (non-hydrogen) atoms. The summed E-state index contributed by atoms with van der Waals surface area (Å²) in [5.41, 5.74) is 2.83. The van der Waals surface area contributed by atoms with Crippen LogP contribution in [-0.4, -0.2) is 34.7 Å². The molecule has 7 heteroatoms. The van der Waals surface area contributed by atoms with E-state index in [1.165, 1.54) is 0 Å². The number of pyridine rings is 3. The molecule has 0 aliphatic carbocycles. The number of aromatic nitrogens is 3. The zero-order valence-electron chi connectivity index (χ0n) is 17.4. The van der Waals surface area contributed by atoms with Crippen molar-refractivity contribution in [2.24, 2.45) is 0 Å². The van der Waals surface area contributed by atoms with Crippen molar-refractivity contribution in [1.29, 1.82) is 0 Å². The van der Waals surface area contributed by atoms with Gasteiger partial charge in [-0.1, -0.05) is 53.0 Å². The second-order valence-corrected chi connectivity index (χ2v) is 8.15. The molecule has 0 radical (unpaired) electrons. The van der Waals surface area contributed by atoms with Crippen LogP contribution in [0.1, 0.15) is 0 Å². The number of fused-ring (bicyclic) bond motifs is 3. The van der Waals surface area contributed by atoms with Crippen LogP contribution in [0, 0.1) is 0 Å². The Bertz CT molecular complexity index is 1330. The van der Waals surface area contributed by atoms with E-state index in [-0.39, 0.29) is 19.8 Å². The van der Waals surface area contributed by atoms with Crippen LogP contribution in [0.25, 0.3) is 32.7 Å². The molecule has 0 spiro atoms. The fraction of sp³-hybridized carbons (Fsp3) is 0. The Labute approximate surface area is 225 Å². The van der Waals surface area contributed by atoms with Crippen LogP contribution in [0.4, 0.5) is 0 Å². The van der Waals surface area contributed by atoms with E-state index in [4.69, 9.17) is 34.8 Å². The standard InChI is InChI=1S/3C9H6ClN.Ga.3H/c3*10-8-4-1-5-9-7(8)3-2-6-11-9;;;;/h3*1-6H;;;;. The van der Waals surface area contributed by atoms with Gasteiger partial charge in [-0.3, -0.25) is 15.0 Å². The van der Waals surface area contributed by atoms with Crippen LogP contribution in [-0.2, 0) is 0 Å². The molecule has 0 N–H and O–H groups in total. The van der Waals surface area contributed by atoms with E-state index in [0.717, 1.165) is 47.8 Å². The number of benzene rings is 3. The summed E-state index contributed by atoms with van der Waals surface area (Å²) < 4.78 is 0. The molecule has 3 aromatic heterocycles. The number of halogens is 3. The van der Waals surface area contributed by atoms with Crippen molar-refractivity contribution in [3.05, 3.63) is 125 Å². The van der Waals surface area contributed by atoms with E-state index in [1.54, 1.807) is 18.6 Å². The first-order valence-electron chi connectivity index (χ1n) is 10.1. The summed E-state index contributed by atoms with van der Waals surface area (Å²) in [5.74, 6) is 0. The Morgan fingerprint density at radius 3 is 0.941 bits per heavy atom. The normalized spacial score (nSPS) is 9.97. The molecule has 6 rings (SSSR count). The van der Waals surface area contributed by atoms with E-state index in [1.807, 2.05) is 91.0 Å². The monoisotopic (exact) mass is 561 g/mol. The second kappa shape index (κ2) is 12.7. The summed E-state index contributed by atoms with van der Waals surface area (Å²) in [7, 11) is 0. The third kappa shape index (κ3) is 6.50. The van der Waals surface area contributed by atoms with Gasteiger partial charge in [0.1, 0.15) is 0 Å². The Morgan fingerprint density at radius 1 is 0.382 bits per heavy atom. The van der Waals surface area contributed by atoms with Gasteiger partial charge in [-0.2, -0.15) is 0 Å². The molecule has 0 saturated heterocycles. The zero-order chi connectivity index (χ0) is 23.0. The van der Waals surface area contributed by atoms with Gasteiger partial charge in [-0.15, -0.1) is 0 Å². The van der Waals surface area contributed by atoms with E-state index < -0.39 is 0 Å². The molecule has 0 amide bonds. The Hall–Kier alpha value is -2.60. The minimum atomic E-state index is 0. The van der Waals surface area contributed by atoms with Crippen LogP contribution in [0.15, 0.2) is 110 Å². The number of rotatable bonds is 0. The number of hydrogen-bond acceptors (Lipinski definition) is 3. The van der Waals surface area contributed by atoms with Gasteiger partial charge in [0.15, 0.2) is 0 Å². The van der Waals surface area contributed by atoms with Crippen molar-refractivity contribution in [1.82, 2.24) is 15.0 Å². The fourth-order valence-electron chi connectivity index (χ4n) is 3.20. The molecule has 0 aliphatic heterocycles. The van der Waals surface area contributed by atoms with Crippen molar-refractivity contribution in [3.63, 3.8) is 0 Å². The Kier molecular flexibility index (Phi) is 9.75. The number of nitrogens with zero attached hydrogens (tertiary/aromatic N) is 3. The van der Waals surface area contributed by atoms with Gasteiger partial charge in [-0.25, -0.2) is 0 Å². The summed E-state index contributed by atoms with van der Waals surface area (Å²) in [6.45, 7) is 0. The molecule has 3 heterocycles. The zero-order valence-corrected chi connectivity index (χ0v) is 19.6. The fourth-order valence-corrected chi connectivity index (χ4v) is 3.90. The first-order chi connectivity index (χ1) is 16.1. The van der Waals surface area contributed by atoms with E-state index in [0.29, 0.717) is 0 Å². The summed E-state index contributed by atoms with van der Waals surface area (Å²) in [4.78, 5) is 12.5. The van der Waals surface area contributed by atoms with Crippen molar-refractivity contribution in [2.45, 2.75) is 0 Å². The second-order valence-electron chi connectivity index (χ2n) is 6.93. The molecule has 0 unspecified atom stereocenters. The molecule has 3 aromatic carbocycles. The predicted octanol–water partition coefficient (Wildman–Crippen LogP) is 7.48. The van der Waals surface area contributed by atoms with Crippen molar-refractivity contribution in [3.8, 4) is 0 Å². The third-order valence-electron chi connectivity index (χ3n) is 4.78.